The zero-order valence-electron chi connectivity index (χ0n) is 24.2. The Morgan fingerprint density at radius 1 is 1.07 bits per heavy atom. The van der Waals surface area contributed by atoms with Gasteiger partial charge in [-0.1, -0.05) is 19.1 Å². The van der Waals surface area contributed by atoms with Crippen LogP contribution in [0.25, 0.3) is 0 Å². The number of hydrogen-bond donors (Lipinski definition) is 1. The molecule has 3 rings (SSSR count). The SMILES string of the molecule is CCOP(=O)(Cc1csc(NC(=O)c2cc(OCCc3ccc(SCC)cc3)cc(O[C@@H](C)COC)c2)n1)OCC. The fraction of sp³-hybridized carbons (Fsp3) is 0.448. The normalized spacial score (nSPS) is 12.2. The molecule has 0 spiro atoms. The summed E-state index contributed by atoms with van der Waals surface area (Å²) in [6.45, 7) is 8.90. The van der Waals surface area contributed by atoms with Gasteiger partial charge in [-0.2, -0.15) is 0 Å². The van der Waals surface area contributed by atoms with Crippen LogP contribution in [-0.4, -0.2) is 56.3 Å². The van der Waals surface area contributed by atoms with Crippen molar-refractivity contribution in [1.29, 1.82) is 0 Å². The van der Waals surface area contributed by atoms with Crippen molar-refractivity contribution >= 4 is 41.7 Å². The smallest absolute Gasteiger partial charge is 0.336 e. The molecule has 1 aromatic heterocycles. The molecule has 3 aromatic rings. The molecular formula is C29H39N2O7PS2. The Kier molecular flexibility index (Phi) is 13.6. The van der Waals surface area contributed by atoms with Crippen molar-refractivity contribution in [2.45, 2.75) is 51.3 Å². The first-order valence-corrected chi connectivity index (χ1v) is 17.2. The Morgan fingerprint density at radius 3 is 2.44 bits per heavy atom. The van der Waals surface area contributed by atoms with E-state index in [2.05, 4.69) is 41.5 Å². The van der Waals surface area contributed by atoms with Crippen LogP contribution in [0.5, 0.6) is 11.5 Å². The van der Waals surface area contributed by atoms with Crippen molar-refractivity contribution in [3.63, 3.8) is 0 Å². The predicted molar refractivity (Wildman–Crippen MR) is 165 cm³/mol. The molecule has 2 aromatic carbocycles. The maximum atomic E-state index is 13.2. The Morgan fingerprint density at radius 2 is 1.78 bits per heavy atom. The number of thioether (sulfide) groups is 1. The van der Waals surface area contributed by atoms with E-state index in [4.69, 9.17) is 23.3 Å². The van der Waals surface area contributed by atoms with Crippen LogP contribution < -0.4 is 14.8 Å². The second-order valence-electron chi connectivity index (χ2n) is 8.96. The summed E-state index contributed by atoms with van der Waals surface area (Å²) in [6.07, 6.45) is 0.525. The standard InChI is InChI=1S/C29H39N2O7PS2/c1-6-36-39(33,37-7-2)19-24-20-41-29(30-24)31-28(32)23-15-25(17-26(16-23)38-21(4)18-34-5)35-14-13-22-9-11-27(12-10-22)40-8-3/h9-12,15-17,20-21H,6-8,13-14,18-19H2,1-5H3,(H,30,31,32)/t21-/m0/s1. The number of nitrogens with one attached hydrogen (secondary N) is 1. The molecule has 0 saturated heterocycles. The van der Waals surface area contributed by atoms with Gasteiger partial charge in [0.2, 0.25) is 0 Å². The number of hydrogen-bond acceptors (Lipinski definition) is 10. The van der Waals surface area contributed by atoms with Crippen LogP contribution in [0.15, 0.2) is 52.7 Å². The lowest BCUT2D eigenvalue weighted by Gasteiger charge is -2.16. The third kappa shape index (κ3) is 11.1. The highest BCUT2D eigenvalue weighted by Gasteiger charge is 2.26. The lowest BCUT2D eigenvalue weighted by Crippen LogP contribution is -2.19. The molecule has 0 saturated carbocycles. The van der Waals surface area contributed by atoms with E-state index in [1.807, 2.05) is 18.7 Å². The number of carbonyl (C=O) groups is 1. The third-order valence-corrected chi connectivity index (χ3v) is 9.27. The number of nitrogens with zero attached hydrogens (tertiary/aromatic N) is 1. The molecule has 0 aliphatic rings. The minimum atomic E-state index is -3.30. The zero-order valence-corrected chi connectivity index (χ0v) is 26.7. The van der Waals surface area contributed by atoms with Crippen molar-refractivity contribution < 1.29 is 32.6 Å². The summed E-state index contributed by atoms with van der Waals surface area (Å²) in [7, 11) is -1.70. The quantitative estimate of drug-likeness (QED) is 0.115. The number of rotatable bonds is 18. The number of ether oxygens (including phenoxy) is 3. The van der Waals surface area contributed by atoms with Crippen LogP contribution in [0.3, 0.4) is 0 Å². The topological polar surface area (TPSA) is 105 Å². The molecule has 0 radical (unpaired) electrons. The van der Waals surface area contributed by atoms with E-state index in [0.29, 0.717) is 41.1 Å². The van der Waals surface area contributed by atoms with E-state index < -0.39 is 7.60 Å². The predicted octanol–water partition coefficient (Wildman–Crippen LogP) is 7.31. The third-order valence-electron chi connectivity index (χ3n) is 5.55. The second-order valence-corrected chi connectivity index (χ2v) is 13.2. The highest BCUT2D eigenvalue weighted by molar-refractivity contribution is 7.99. The maximum Gasteiger partial charge on any atom is 0.336 e. The fourth-order valence-electron chi connectivity index (χ4n) is 3.89. The number of methoxy groups -OCH3 is 1. The molecule has 1 N–H and O–H groups in total. The first-order valence-electron chi connectivity index (χ1n) is 13.6. The molecule has 41 heavy (non-hydrogen) atoms. The molecule has 1 atom stereocenters. The molecule has 0 aliphatic carbocycles. The summed E-state index contributed by atoms with van der Waals surface area (Å²) in [4.78, 5) is 18.9. The molecule has 0 bridgehead atoms. The van der Waals surface area contributed by atoms with Gasteiger partial charge in [0, 0.05) is 35.4 Å². The van der Waals surface area contributed by atoms with Gasteiger partial charge in [-0.05, 0) is 56.4 Å². The maximum absolute atomic E-state index is 13.2. The molecule has 224 valence electrons. The number of benzene rings is 2. The zero-order chi connectivity index (χ0) is 29.7. The average Bonchev–Trinajstić information content (AvgIpc) is 3.36. The molecule has 0 unspecified atom stereocenters. The largest absolute Gasteiger partial charge is 0.493 e. The van der Waals surface area contributed by atoms with Crippen molar-refractivity contribution in [3.8, 4) is 11.5 Å². The molecule has 1 amide bonds. The number of aromatic nitrogens is 1. The number of carbonyl (C=O) groups excluding carboxylic acids is 1. The van der Waals surface area contributed by atoms with Crippen LogP contribution in [0.2, 0.25) is 0 Å². The Hall–Kier alpha value is -2.40. The summed E-state index contributed by atoms with van der Waals surface area (Å²) < 4.78 is 40.8. The van der Waals surface area contributed by atoms with Crippen LogP contribution in [-0.2, 0) is 30.9 Å². The van der Waals surface area contributed by atoms with E-state index in [1.165, 1.54) is 21.8 Å². The highest BCUT2D eigenvalue weighted by atomic mass is 32.2. The van der Waals surface area contributed by atoms with Crippen molar-refractivity contribution in [3.05, 3.63) is 64.7 Å². The van der Waals surface area contributed by atoms with E-state index in [9.17, 15) is 9.36 Å². The molecular weight excluding hydrogens is 583 g/mol. The summed E-state index contributed by atoms with van der Waals surface area (Å²) in [6, 6.07) is 13.6. The van der Waals surface area contributed by atoms with Crippen LogP contribution in [0.1, 0.15) is 49.3 Å². The van der Waals surface area contributed by atoms with Gasteiger partial charge < -0.3 is 23.3 Å². The number of thiazole rings is 1. The van der Waals surface area contributed by atoms with Crippen molar-refractivity contribution in [2.75, 3.05) is 44.6 Å². The molecule has 12 heteroatoms. The van der Waals surface area contributed by atoms with E-state index >= 15 is 0 Å². The van der Waals surface area contributed by atoms with Gasteiger partial charge in [-0.3, -0.25) is 14.7 Å². The Bertz CT molecular complexity index is 1280. The summed E-state index contributed by atoms with van der Waals surface area (Å²) in [5, 5.41) is 4.92. The molecule has 9 nitrogen and oxygen atoms in total. The fourth-order valence-corrected chi connectivity index (χ4v) is 6.98. The number of anilines is 1. The Labute approximate surface area is 250 Å². The molecule has 0 fully saturated rings. The summed E-state index contributed by atoms with van der Waals surface area (Å²) in [5.74, 6) is 1.67. The minimum absolute atomic E-state index is 0.0277. The van der Waals surface area contributed by atoms with Gasteiger partial charge in [0.1, 0.15) is 17.6 Å². The molecule has 0 aliphatic heterocycles. The first-order chi connectivity index (χ1) is 19.8. The van der Waals surface area contributed by atoms with Gasteiger partial charge >= 0.3 is 7.60 Å². The van der Waals surface area contributed by atoms with Crippen LogP contribution in [0, 0.1) is 0 Å². The number of amides is 1. The lowest BCUT2D eigenvalue weighted by molar-refractivity contribution is 0.0914. The molecule has 1 heterocycles. The van der Waals surface area contributed by atoms with Gasteiger partial charge in [0.25, 0.3) is 5.91 Å². The second kappa shape index (κ2) is 16.9. The average molecular weight is 623 g/mol. The summed E-state index contributed by atoms with van der Waals surface area (Å²) in [5.41, 5.74) is 2.04. The van der Waals surface area contributed by atoms with E-state index in [1.54, 1.807) is 44.5 Å². The van der Waals surface area contributed by atoms with E-state index in [-0.39, 0.29) is 31.4 Å². The van der Waals surface area contributed by atoms with Crippen molar-refractivity contribution in [2.24, 2.45) is 0 Å². The lowest BCUT2D eigenvalue weighted by atomic mass is 10.1. The highest BCUT2D eigenvalue weighted by Crippen LogP contribution is 2.51. The summed E-state index contributed by atoms with van der Waals surface area (Å²) >= 11 is 3.04. The monoisotopic (exact) mass is 622 g/mol. The van der Waals surface area contributed by atoms with Gasteiger partial charge in [-0.15, -0.1) is 23.1 Å². The van der Waals surface area contributed by atoms with Gasteiger partial charge in [0.05, 0.1) is 38.3 Å². The van der Waals surface area contributed by atoms with Gasteiger partial charge in [-0.25, -0.2) is 4.98 Å². The first kappa shape index (κ1) is 33.1. The van der Waals surface area contributed by atoms with Crippen molar-refractivity contribution in [1.82, 2.24) is 4.98 Å². The minimum Gasteiger partial charge on any atom is -0.493 e. The Balaban J connectivity index is 1.71. The van der Waals surface area contributed by atoms with Crippen LogP contribution >= 0.6 is 30.7 Å². The van der Waals surface area contributed by atoms with E-state index in [0.717, 1.165) is 12.2 Å². The van der Waals surface area contributed by atoms with Crippen LogP contribution in [0.4, 0.5) is 5.13 Å². The van der Waals surface area contributed by atoms with Gasteiger partial charge in [0.15, 0.2) is 5.13 Å².